The fourth-order valence-corrected chi connectivity index (χ4v) is 4.11. The van der Waals surface area contributed by atoms with Crippen LogP contribution in [0.15, 0.2) is 24.3 Å². The molecule has 1 fully saturated rings. The molecule has 0 bridgehead atoms. The van der Waals surface area contributed by atoms with E-state index < -0.39 is 10.8 Å². The molecule has 1 aromatic carbocycles. The molecule has 1 saturated carbocycles. The number of aryl methyl sites for hydroxylation is 2. The first-order valence-corrected chi connectivity index (χ1v) is 8.09. The molecule has 24 heavy (non-hydrogen) atoms. The number of carbonyl (C=O) groups excluding carboxylic acids is 1. The van der Waals surface area contributed by atoms with Crippen molar-refractivity contribution < 1.29 is 9.72 Å². The van der Waals surface area contributed by atoms with Crippen LogP contribution >= 0.6 is 0 Å². The molecule has 2 aromatic rings. The largest absolute Gasteiger partial charge is 0.350 e. The highest BCUT2D eigenvalue weighted by Gasteiger charge is 2.57. The van der Waals surface area contributed by atoms with E-state index in [0.29, 0.717) is 12.5 Å². The third-order valence-corrected chi connectivity index (χ3v) is 5.45. The van der Waals surface area contributed by atoms with E-state index in [2.05, 4.69) is 39.8 Å². The monoisotopic (exact) mass is 326 g/mol. The molecular weight excluding hydrogens is 308 g/mol. The van der Waals surface area contributed by atoms with Gasteiger partial charge in [0.05, 0.1) is 4.92 Å². The van der Waals surface area contributed by atoms with Gasteiger partial charge < -0.3 is 5.32 Å². The first-order valence-electron chi connectivity index (χ1n) is 8.09. The molecule has 0 aliphatic heterocycles. The van der Waals surface area contributed by atoms with Crippen LogP contribution in [0, 0.1) is 23.0 Å². The van der Waals surface area contributed by atoms with Crippen LogP contribution in [0.25, 0.3) is 0 Å². The van der Waals surface area contributed by atoms with Gasteiger partial charge in [-0.05, 0) is 43.2 Å². The van der Waals surface area contributed by atoms with E-state index in [1.165, 1.54) is 18.1 Å². The van der Waals surface area contributed by atoms with Crippen LogP contribution in [0.5, 0.6) is 0 Å². The lowest BCUT2D eigenvalue weighted by Crippen LogP contribution is -2.28. The molecule has 1 amide bonds. The number of H-pyrrole nitrogens is 1. The van der Waals surface area contributed by atoms with E-state index in [1.807, 2.05) is 0 Å². The van der Waals surface area contributed by atoms with Crippen molar-refractivity contribution in [3.63, 3.8) is 0 Å². The summed E-state index contributed by atoms with van der Waals surface area (Å²) in [5.74, 6) is -0.0939. The highest BCUT2D eigenvalue weighted by molar-refractivity contribution is 5.96. The number of nitro groups is 1. The van der Waals surface area contributed by atoms with E-state index in [-0.39, 0.29) is 22.5 Å². The fourth-order valence-electron chi connectivity index (χ4n) is 4.11. The number of aromatic nitrogens is 2. The molecule has 0 saturated heterocycles. The summed E-state index contributed by atoms with van der Waals surface area (Å²) in [5, 5.41) is 20.2. The highest BCUT2D eigenvalue weighted by atomic mass is 16.6. The van der Waals surface area contributed by atoms with Crippen LogP contribution in [-0.4, -0.2) is 27.6 Å². The number of fused-ring (bicyclic) bond motifs is 2. The Morgan fingerprint density at radius 1 is 1.50 bits per heavy atom. The summed E-state index contributed by atoms with van der Waals surface area (Å²) in [4.78, 5) is 22.8. The topological polar surface area (TPSA) is 101 Å². The van der Waals surface area contributed by atoms with Crippen molar-refractivity contribution in [2.24, 2.45) is 5.92 Å². The zero-order valence-corrected chi connectivity index (χ0v) is 13.3. The Morgan fingerprint density at radius 3 is 3.08 bits per heavy atom. The Balaban J connectivity index is 1.45. The van der Waals surface area contributed by atoms with Crippen molar-refractivity contribution in [3.8, 4) is 0 Å². The standard InChI is InChI=1S/C17H18N4O3/c1-10-15(21(23)24)14(20-19-10)16(22)18-9-12-8-17(12)7-6-11-4-2-3-5-13(11)17/h2-5,12H,6-9H2,1H3,(H,18,22)(H,19,20)/t12-,17-/m0/s1. The number of hydrogen-bond donors (Lipinski definition) is 2. The summed E-state index contributed by atoms with van der Waals surface area (Å²) >= 11 is 0. The molecule has 0 radical (unpaired) electrons. The Morgan fingerprint density at radius 2 is 2.29 bits per heavy atom. The summed E-state index contributed by atoms with van der Waals surface area (Å²) in [6.07, 6.45) is 3.27. The average molecular weight is 326 g/mol. The average Bonchev–Trinajstić information content (AvgIpc) is 2.92. The number of nitrogens with one attached hydrogen (secondary N) is 2. The molecule has 4 rings (SSSR count). The minimum absolute atomic E-state index is 0.140. The molecule has 7 nitrogen and oxygen atoms in total. The van der Waals surface area contributed by atoms with Gasteiger partial charge in [-0.2, -0.15) is 5.10 Å². The van der Waals surface area contributed by atoms with E-state index in [4.69, 9.17) is 0 Å². The quantitative estimate of drug-likeness (QED) is 0.664. The Labute approximate surface area is 138 Å². The van der Waals surface area contributed by atoms with Gasteiger partial charge in [-0.25, -0.2) is 0 Å². The van der Waals surface area contributed by atoms with Gasteiger partial charge in [0.25, 0.3) is 5.91 Å². The predicted molar refractivity (Wildman–Crippen MR) is 86.9 cm³/mol. The number of aromatic amines is 1. The minimum atomic E-state index is -0.570. The molecular formula is C17H18N4O3. The molecule has 124 valence electrons. The van der Waals surface area contributed by atoms with Crippen molar-refractivity contribution in [1.29, 1.82) is 0 Å². The molecule has 2 aliphatic rings. The minimum Gasteiger partial charge on any atom is -0.350 e. The maximum absolute atomic E-state index is 12.3. The van der Waals surface area contributed by atoms with Crippen LogP contribution in [0.1, 0.15) is 40.2 Å². The van der Waals surface area contributed by atoms with Gasteiger partial charge >= 0.3 is 5.69 Å². The van der Waals surface area contributed by atoms with Gasteiger partial charge in [-0.15, -0.1) is 0 Å². The molecule has 1 spiro atoms. The number of hydrogen-bond acceptors (Lipinski definition) is 4. The lowest BCUT2D eigenvalue weighted by molar-refractivity contribution is -0.385. The SMILES string of the molecule is Cc1[nH]nc(C(=O)NC[C@@H]2C[C@@]23CCc2ccccc23)c1[N+](=O)[O-]. The fraction of sp³-hybridized carbons (Fsp3) is 0.412. The smallest absolute Gasteiger partial charge is 0.322 e. The van der Waals surface area contributed by atoms with E-state index >= 15 is 0 Å². The first-order chi connectivity index (χ1) is 11.5. The third kappa shape index (κ3) is 2.11. The number of rotatable bonds is 4. The molecule has 2 atom stereocenters. The Hall–Kier alpha value is -2.70. The van der Waals surface area contributed by atoms with Crippen LogP contribution in [0.2, 0.25) is 0 Å². The molecule has 1 aromatic heterocycles. The van der Waals surface area contributed by atoms with E-state index in [1.54, 1.807) is 0 Å². The summed E-state index contributed by atoms with van der Waals surface area (Å²) in [6.45, 7) is 2.06. The predicted octanol–water partition coefficient (Wildman–Crippen LogP) is 2.26. The number of benzene rings is 1. The number of nitrogens with zero attached hydrogens (tertiary/aromatic N) is 2. The second kappa shape index (κ2) is 5.15. The summed E-state index contributed by atoms with van der Waals surface area (Å²) in [6, 6.07) is 8.49. The van der Waals surface area contributed by atoms with Gasteiger partial charge in [-0.1, -0.05) is 24.3 Å². The molecule has 0 unspecified atom stereocenters. The van der Waals surface area contributed by atoms with Crippen molar-refractivity contribution in [2.75, 3.05) is 6.54 Å². The Kier molecular flexibility index (Phi) is 3.19. The number of amides is 1. The molecule has 2 aliphatic carbocycles. The zero-order chi connectivity index (χ0) is 16.9. The Bertz CT molecular complexity index is 844. The van der Waals surface area contributed by atoms with E-state index in [9.17, 15) is 14.9 Å². The lowest BCUT2D eigenvalue weighted by Gasteiger charge is -2.11. The second-order valence-electron chi connectivity index (χ2n) is 6.73. The van der Waals surface area contributed by atoms with Crippen LogP contribution in [0.3, 0.4) is 0 Å². The zero-order valence-electron chi connectivity index (χ0n) is 13.3. The van der Waals surface area contributed by atoms with Crippen molar-refractivity contribution in [2.45, 2.75) is 31.6 Å². The van der Waals surface area contributed by atoms with Gasteiger partial charge in [-0.3, -0.25) is 20.0 Å². The molecule has 1 heterocycles. The maximum atomic E-state index is 12.3. The maximum Gasteiger partial charge on any atom is 0.322 e. The van der Waals surface area contributed by atoms with Gasteiger partial charge in [0.1, 0.15) is 5.69 Å². The lowest BCUT2D eigenvalue weighted by atomic mass is 9.95. The molecule has 7 heteroatoms. The van der Waals surface area contributed by atoms with Crippen molar-refractivity contribution >= 4 is 11.6 Å². The summed E-state index contributed by atoms with van der Waals surface area (Å²) < 4.78 is 0. The van der Waals surface area contributed by atoms with Gasteiger partial charge in [0.2, 0.25) is 5.69 Å². The summed E-state index contributed by atoms with van der Waals surface area (Å²) in [5.41, 5.74) is 2.91. The normalized spacial score (nSPS) is 24.0. The van der Waals surface area contributed by atoms with Crippen LogP contribution in [0.4, 0.5) is 5.69 Å². The molecule has 2 N–H and O–H groups in total. The van der Waals surface area contributed by atoms with Crippen molar-refractivity contribution in [3.05, 3.63) is 56.9 Å². The van der Waals surface area contributed by atoms with Gasteiger partial charge in [0, 0.05) is 12.0 Å². The summed E-state index contributed by atoms with van der Waals surface area (Å²) in [7, 11) is 0. The second-order valence-corrected chi connectivity index (χ2v) is 6.73. The van der Waals surface area contributed by atoms with Crippen molar-refractivity contribution in [1.82, 2.24) is 15.5 Å². The number of carbonyl (C=O) groups is 1. The van der Waals surface area contributed by atoms with Crippen LogP contribution in [-0.2, 0) is 11.8 Å². The van der Waals surface area contributed by atoms with Crippen LogP contribution < -0.4 is 5.32 Å². The third-order valence-electron chi connectivity index (χ3n) is 5.45. The van der Waals surface area contributed by atoms with Gasteiger partial charge in [0.15, 0.2) is 0 Å². The first kappa shape index (κ1) is 14.9. The van der Waals surface area contributed by atoms with E-state index in [0.717, 1.165) is 19.3 Å². The highest BCUT2D eigenvalue weighted by Crippen LogP contribution is 2.61.